The first-order valence-electron chi connectivity index (χ1n) is 8.17. The fourth-order valence-electron chi connectivity index (χ4n) is 2.40. The van der Waals surface area contributed by atoms with E-state index in [1.54, 1.807) is 0 Å². The summed E-state index contributed by atoms with van der Waals surface area (Å²) >= 11 is 0. The Bertz CT molecular complexity index is 836. The van der Waals surface area contributed by atoms with Gasteiger partial charge in [0.1, 0.15) is 0 Å². The van der Waals surface area contributed by atoms with E-state index in [0.29, 0.717) is 12.1 Å². The SMILES string of the molecule is Cc1cc(C)cc(NC(=O)c2ccc(S(=O)(=O)NCC(C)C)cc2)c1. The number of anilines is 1. The van der Waals surface area contributed by atoms with E-state index in [9.17, 15) is 13.2 Å². The molecule has 0 saturated heterocycles. The smallest absolute Gasteiger partial charge is 0.255 e. The van der Waals surface area contributed by atoms with Crippen molar-refractivity contribution in [3.63, 3.8) is 0 Å². The van der Waals surface area contributed by atoms with Crippen molar-refractivity contribution in [2.24, 2.45) is 5.92 Å². The first kappa shape index (κ1) is 19.1. The summed E-state index contributed by atoms with van der Waals surface area (Å²) < 4.78 is 26.9. The summed E-state index contributed by atoms with van der Waals surface area (Å²) in [6.45, 7) is 8.17. The summed E-state index contributed by atoms with van der Waals surface area (Å²) in [5.41, 5.74) is 3.25. The van der Waals surface area contributed by atoms with Crippen LogP contribution in [0, 0.1) is 19.8 Å². The number of carbonyl (C=O) groups is 1. The van der Waals surface area contributed by atoms with Crippen LogP contribution in [0.25, 0.3) is 0 Å². The number of nitrogens with one attached hydrogen (secondary N) is 2. The minimum atomic E-state index is -3.55. The van der Waals surface area contributed by atoms with Crippen LogP contribution in [0.3, 0.4) is 0 Å². The van der Waals surface area contributed by atoms with Crippen molar-refractivity contribution in [1.82, 2.24) is 4.72 Å². The van der Waals surface area contributed by atoms with Crippen molar-refractivity contribution in [3.05, 3.63) is 59.2 Å². The molecule has 0 atom stereocenters. The van der Waals surface area contributed by atoms with E-state index in [-0.39, 0.29) is 16.7 Å². The van der Waals surface area contributed by atoms with Crippen molar-refractivity contribution in [3.8, 4) is 0 Å². The second-order valence-corrected chi connectivity index (χ2v) is 8.37. The Morgan fingerprint density at radius 3 is 2.08 bits per heavy atom. The fraction of sp³-hybridized carbons (Fsp3) is 0.316. The lowest BCUT2D eigenvalue weighted by molar-refractivity contribution is 0.102. The maximum Gasteiger partial charge on any atom is 0.255 e. The Balaban J connectivity index is 2.12. The van der Waals surface area contributed by atoms with Gasteiger partial charge in [-0.25, -0.2) is 13.1 Å². The normalized spacial score (nSPS) is 11.6. The molecule has 2 aromatic rings. The fourth-order valence-corrected chi connectivity index (χ4v) is 3.61. The molecular formula is C19H24N2O3S. The zero-order valence-electron chi connectivity index (χ0n) is 15.0. The minimum Gasteiger partial charge on any atom is -0.322 e. The van der Waals surface area contributed by atoms with Crippen LogP contribution in [0.15, 0.2) is 47.4 Å². The minimum absolute atomic E-state index is 0.149. The van der Waals surface area contributed by atoms with Gasteiger partial charge < -0.3 is 5.32 Å². The van der Waals surface area contributed by atoms with E-state index in [1.165, 1.54) is 24.3 Å². The summed E-state index contributed by atoms with van der Waals surface area (Å²) in [6, 6.07) is 11.7. The number of carbonyl (C=O) groups excluding carboxylic acids is 1. The quantitative estimate of drug-likeness (QED) is 0.828. The maximum absolute atomic E-state index is 12.3. The maximum atomic E-state index is 12.3. The monoisotopic (exact) mass is 360 g/mol. The van der Waals surface area contributed by atoms with Crippen LogP contribution in [-0.4, -0.2) is 20.9 Å². The number of benzene rings is 2. The Morgan fingerprint density at radius 1 is 1.00 bits per heavy atom. The molecular weight excluding hydrogens is 336 g/mol. The second kappa shape index (κ2) is 7.80. The predicted octanol–water partition coefficient (Wildman–Crippen LogP) is 3.49. The average molecular weight is 360 g/mol. The van der Waals surface area contributed by atoms with Crippen molar-refractivity contribution in [2.45, 2.75) is 32.6 Å². The summed E-state index contributed by atoms with van der Waals surface area (Å²) in [6.07, 6.45) is 0. The van der Waals surface area contributed by atoms with Gasteiger partial charge >= 0.3 is 0 Å². The van der Waals surface area contributed by atoms with Crippen molar-refractivity contribution in [1.29, 1.82) is 0 Å². The Kier molecular flexibility index (Phi) is 5.98. The summed E-state index contributed by atoms with van der Waals surface area (Å²) in [5, 5.41) is 2.83. The molecule has 0 aliphatic heterocycles. The molecule has 2 N–H and O–H groups in total. The van der Waals surface area contributed by atoms with E-state index in [2.05, 4.69) is 10.0 Å². The van der Waals surface area contributed by atoms with Crippen LogP contribution in [0.4, 0.5) is 5.69 Å². The van der Waals surface area contributed by atoms with Gasteiger partial charge in [0.25, 0.3) is 5.91 Å². The molecule has 2 aromatic carbocycles. The highest BCUT2D eigenvalue weighted by Gasteiger charge is 2.15. The number of hydrogen-bond donors (Lipinski definition) is 2. The summed E-state index contributed by atoms with van der Waals surface area (Å²) in [4.78, 5) is 12.5. The van der Waals surface area contributed by atoms with E-state index >= 15 is 0 Å². The summed E-state index contributed by atoms with van der Waals surface area (Å²) in [7, 11) is -3.55. The van der Waals surface area contributed by atoms with Crippen LogP contribution < -0.4 is 10.0 Å². The first-order valence-corrected chi connectivity index (χ1v) is 9.65. The first-order chi connectivity index (χ1) is 11.7. The molecule has 0 aromatic heterocycles. The van der Waals surface area contributed by atoms with Gasteiger partial charge in [0.05, 0.1) is 4.90 Å². The third-order valence-corrected chi connectivity index (χ3v) is 5.03. The lowest BCUT2D eigenvalue weighted by Crippen LogP contribution is -2.27. The zero-order valence-corrected chi connectivity index (χ0v) is 15.8. The number of amides is 1. The van der Waals surface area contributed by atoms with Crippen LogP contribution >= 0.6 is 0 Å². The molecule has 0 fully saturated rings. The highest BCUT2D eigenvalue weighted by atomic mass is 32.2. The van der Waals surface area contributed by atoms with Gasteiger partial charge in [-0.3, -0.25) is 4.79 Å². The molecule has 0 heterocycles. The topological polar surface area (TPSA) is 75.3 Å². The van der Waals surface area contributed by atoms with Crippen LogP contribution in [0.2, 0.25) is 0 Å². The van der Waals surface area contributed by atoms with Crippen molar-refractivity contribution in [2.75, 3.05) is 11.9 Å². The molecule has 134 valence electrons. The molecule has 0 unspecified atom stereocenters. The van der Waals surface area contributed by atoms with Gasteiger partial charge in [-0.1, -0.05) is 19.9 Å². The molecule has 0 saturated carbocycles. The van der Waals surface area contributed by atoms with Gasteiger partial charge in [-0.05, 0) is 67.3 Å². The molecule has 5 nitrogen and oxygen atoms in total. The van der Waals surface area contributed by atoms with Crippen LogP contribution in [0.5, 0.6) is 0 Å². The Morgan fingerprint density at radius 2 is 1.56 bits per heavy atom. The second-order valence-electron chi connectivity index (χ2n) is 6.60. The predicted molar refractivity (Wildman–Crippen MR) is 100 cm³/mol. The molecule has 2 rings (SSSR count). The molecule has 0 bridgehead atoms. The molecule has 0 radical (unpaired) electrons. The summed E-state index contributed by atoms with van der Waals surface area (Å²) in [5.74, 6) is -0.0540. The highest BCUT2D eigenvalue weighted by molar-refractivity contribution is 7.89. The number of rotatable bonds is 6. The third-order valence-electron chi connectivity index (χ3n) is 3.59. The van der Waals surface area contributed by atoms with Gasteiger partial charge in [0.15, 0.2) is 0 Å². The molecule has 0 aliphatic rings. The highest BCUT2D eigenvalue weighted by Crippen LogP contribution is 2.16. The van der Waals surface area contributed by atoms with E-state index < -0.39 is 10.0 Å². The zero-order chi connectivity index (χ0) is 18.6. The molecule has 25 heavy (non-hydrogen) atoms. The third kappa shape index (κ3) is 5.41. The van der Waals surface area contributed by atoms with Crippen molar-refractivity contribution >= 4 is 21.6 Å². The molecule has 0 spiro atoms. The van der Waals surface area contributed by atoms with Gasteiger partial charge in [0.2, 0.25) is 10.0 Å². The van der Waals surface area contributed by atoms with Gasteiger partial charge in [0, 0.05) is 17.8 Å². The standard InChI is InChI=1S/C19H24N2O3S/c1-13(2)12-20-25(23,24)18-7-5-16(6-8-18)19(22)21-17-10-14(3)9-15(4)11-17/h5-11,13,20H,12H2,1-4H3,(H,21,22). The van der Waals surface area contributed by atoms with Crippen LogP contribution in [-0.2, 0) is 10.0 Å². The van der Waals surface area contributed by atoms with Gasteiger partial charge in [-0.2, -0.15) is 0 Å². The Hall–Kier alpha value is -2.18. The van der Waals surface area contributed by atoms with Crippen molar-refractivity contribution < 1.29 is 13.2 Å². The molecule has 1 amide bonds. The van der Waals surface area contributed by atoms with E-state index in [1.807, 2.05) is 45.9 Å². The molecule has 6 heteroatoms. The Labute approximate surface area is 149 Å². The number of hydrogen-bond acceptors (Lipinski definition) is 3. The lowest BCUT2D eigenvalue weighted by Gasteiger charge is -2.10. The molecule has 0 aliphatic carbocycles. The van der Waals surface area contributed by atoms with Gasteiger partial charge in [-0.15, -0.1) is 0 Å². The number of aryl methyl sites for hydroxylation is 2. The largest absolute Gasteiger partial charge is 0.322 e. The number of sulfonamides is 1. The van der Waals surface area contributed by atoms with E-state index in [0.717, 1.165) is 16.8 Å². The van der Waals surface area contributed by atoms with E-state index in [4.69, 9.17) is 0 Å². The lowest BCUT2D eigenvalue weighted by atomic mass is 10.1. The van der Waals surface area contributed by atoms with Crippen LogP contribution in [0.1, 0.15) is 35.3 Å². The average Bonchev–Trinajstić information content (AvgIpc) is 2.52.